The van der Waals surface area contributed by atoms with Gasteiger partial charge in [-0.25, -0.2) is 9.97 Å². The first kappa shape index (κ1) is 33.9. The fourth-order valence-corrected chi connectivity index (χ4v) is 11.5. The van der Waals surface area contributed by atoms with Gasteiger partial charge in [-0.15, -0.1) is 11.3 Å². The van der Waals surface area contributed by atoms with Gasteiger partial charge >= 0.3 is 0 Å². The molecule has 0 bridgehead atoms. The van der Waals surface area contributed by atoms with Crippen LogP contribution in [0.15, 0.2) is 200 Å². The summed E-state index contributed by atoms with van der Waals surface area (Å²) < 4.78 is 4.89. The van der Waals surface area contributed by atoms with Crippen molar-refractivity contribution in [3.8, 4) is 61.7 Å². The van der Waals surface area contributed by atoms with E-state index in [0.29, 0.717) is 5.95 Å². The summed E-state index contributed by atoms with van der Waals surface area (Å²) in [6.07, 6.45) is 0. The van der Waals surface area contributed by atoms with Gasteiger partial charge in [0.05, 0.1) is 22.2 Å². The number of fused-ring (bicyclic) bond motifs is 12. The molecule has 0 spiro atoms. The second-order valence-electron chi connectivity index (χ2n) is 16.5. The van der Waals surface area contributed by atoms with Gasteiger partial charge in [0, 0.05) is 41.9 Å². The SMILES string of the molecule is c1ccc2c(c1)-c1cccc3c1c-2cc1sc2ccc(-c4ccc5c(c4)c4ccccc4n5-c4nc(-c5ccc(-c6cccc7ccccc67)cc5)c5ccccc5n4)cc2c13. The third-order valence-electron chi connectivity index (χ3n) is 13.2. The first-order chi connectivity index (χ1) is 30.7. The van der Waals surface area contributed by atoms with Crippen LogP contribution in [0.1, 0.15) is 0 Å². The molecule has 1 aliphatic carbocycles. The molecule has 0 amide bonds. The summed E-state index contributed by atoms with van der Waals surface area (Å²) in [4.78, 5) is 10.7. The van der Waals surface area contributed by atoms with Crippen LogP contribution in [0.25, 0.3) is 136 Å². The van der Waals surface area contributed by atoms with Crippen LogP contribution >= 0.6 is 11.3 Å². The molecule has 0 unspecified atom stereocenters. The third-order valence-corrected chi connectivity index (χ3v) is 14.3. The van der Waals surface area contributed by atoms with Gasteiger partial charge in [0.2, 0.25) is 5.95 Å². The van der Waals surface area contributed by atoms with E-state index in [4.69, 9.17) is 9.97 Å². The standard InChI is InChI=1S/C58H33N3S/c1-2-13-39-34(11-1)12-9-18-40(39)35-23-25-36(26-24-35)57-45-17-5-7-21-50(45)59-58(60-57)61-51-22-8-6-16-43(51)47-31-37(27-29-52(47)61)38-28-30-53-49(32-38)56-46-20-10-19-44-41-14-3-4-15-42(41)48(55(44)46)33-54(56)62-53/h1-33H. The van der Waals surface area contributed by atoms with Crippen LogP contribution in [0.3, 0.4) is 0 Å². The predicted octanol–water partition coefficient (Wildman–Crippen LogP) is 16.0. The summed E-state index contributed by atoms with van der Waals surface area (Å²) in [6.45, 7) is 0. The van der Waals surface area contributed by atoms with Gasteiger partial charge in [0.15, 0.2) is 0 Å². The second-order valence-corrected chi connectivity index (χ2v) is 17.5. The van der Waals surface area contributed by atoms with Crippen LogP contribution < -0.4 is 0 Å². The highest BCUT2D eigenvalue weighted by molar-refractivity contribution is 7.26. The van der Waals surface area contributed by atoms with Gasteiger partial charge in [-0.2, -0.15) is 0 Å². The summed E-state index contributed by atoms with van der Waals surface area (Å²) in [6, 6.07) is 73.0. The molecule has 13 aromatic rings. The molecule has 3 aromatic heterocycles. The third kappa shape index (κ3) is 4.81. The van der Waals surface area contributed by atoms with E-state index in [9.17, 15) is 0 Å². The van der Waals surface area contributed by atoms with Crippen molar-refractivity contribution in [1.29, 1.82) is 0 Å². The number of hydrogen-bond acceptors (Lipinski definition) is 3. The highest BCUT2D eigenvalue weighted by atomic mass is 32.1. The topological polar surface area (TPSA) is 30.7 Å². The molecule has 0 fully saturated rings. The number of aromatic nitrogens is 3. The molecule has 0 saturated heterocycles. The molecule has 10 aromatic carbocycles. The maximum atomic E-state index is 5.41. The molecule has 1 aliphatic rings. The molecule has 0 N–H and O–H groups in total. The summed E-state index contributed by atoms with van der Waals surface area (Å²) in [7, 11) is 0. The Kier molecular flexibility index (Phi) is 6.99. The first-order valence-corrected chi connectivity index (χ1v) is 22.0. The molecule has 3 heterocycles. The van der Waals surface area contributed by atoms with Crippen molar-refractivity contribution in [2.75, 3.05) is 0 Å². The van der Waals surface area contributed by atoms with E-state index in [0.717, 1.165) is 33.2 Å². The molecule has 0 aliphatic heterocycles. The van der Waals surface area contributed by atoms with Crippen molar-refractivity contribution in [1.82, 2.24) is 14.5 Å². The zero-order valence-corrected chi connectivity index (χ0v) is 34.1. The minimum absolute atomic E-state index is 0.659. The van der Waals surface area contributed by atoms with E-state index in [1.807, 2.05) is 11.3 Å². The molecular formula is C58H33N3S. The van der Waals surface area contributed by atoms with Crippen molar-refractivity contribution < 1.29 is 0 Å². The number of nitrogens with zero attached hydrogens (tertiary/aromatic N) is 3. The van der Waals surface area contributed by atoms with Gasteiger partial charge in [-0.3, -0.25) is 4.57 Å². The Labute approximate surface area is 360 Å². The smallest absolute Gasteiger partial charge is 0.235 e. The second kappa shape index (κ2) is 12.8. The van der Waals surface area contributed by atoms with Crippen LogP contribution in [-0.4, -0.2) is 14.5 Å². The molecule has 0 atom stereocenters. The lowest BCUT2D eigenvalue weighted by atomic mass is 9.96. The van der Waals surface area contributed by atoms with Crippen LogP contribution in [0.2, 0.25) is 0 Å². The quantitative estimate of drug-likeness (QED) is 0.177. The molecular weight excluding hydrogens is 771 g/mol. The Balaban J connectivity index is 0.914. The van der Waals surface area contributed by atoms with Gasteiger partial charge in [0.25, 0.3) is 0 Å². The van der Waals surface area contributed by atoms with Gasteiger partial charge < -0.3 is 0 Å². The molecule has 0 saturated carbocycles. The van der Waals surface area contributed by atoms with Crippen molar-refractivity contribution >= 4 is 85.8 Å². The molecule has 3 nitrogen and oxygen atoms in total. The van der Waals surface area contributed by atoms with Gasteiger partial charge in [-0.05, 0) is 109 Å². The highest BCUT2D eigenvalue weighted by Crippen LogP contribution is 2.52. The Morgan fingerprint density at radius 3 is 1.84 bits per heavy atom. The Morgan fingerprint density at radius 1 is 0.339 bits per heavy atom. The molecule has 62 heavy (non-hydrogen) atoms. The van der Waals surface area contributed by atoms with Crippen molar-refractivity contribution in [2.24, 2.45) is 0 Å². The minimum Gasteiger partial charge on any atom is -0.278 e. The molecule has 4 heteroatoms. The van der Waals surface area contributed by atoms with Crippen LogP contribution in [0.4, 0.5) is 0 Å². The van der Waals surface area contributed by atoms with E-state index in [1.54, 1.807) is 0 Å². The number of hydrogen-bond donors (Lipinski definition) is 0. The Bertz CT molecular complexity index is 4040. The number of thiophene rings is 1. The lowest BCUT2D eigenvalue weighted by molar-refractivity contribution is 1.01. The largest absolute Gasteiger partial charge is 0.278 e. The maximum Gasteiger partial charge on any atom is 0.235 e. The Hall–Kier alpha value is -7.92. The van der Waals surface area contributed by atoms with Crippen molar-refractivity contribution in [3.63, 3.8) is 0 Å². The van der Waals surface area contributed by atoms with E-state index < -0.39 is 0 Å². The lowest BCUT2D eigenvalue weighted by Crippen LogP contribution is -2.03. The maximum absolute atomic E-state index is 5.41. The van der Waals surface area contributed by atoms with Crippen LogP contribution in [0, 0.1) is 0 Å². The first-order valence-electron chi connectivity index (χ1n) is 21.1. The molecule has 286 valence electrons. The molecule has 0 radical (unpaired) electrons. The average Bonchev–Trinajstić information content (AvgIpc) is 3.99. The normalized spacial score (nSPS) is 12.2. The fraction of sp³-hybridized carbons (Fsp3) is 0. The zero-order chi connectivity index (χ0) is 40.5. The van der Waals surface area contributed by atoms with Crippen molar-refractivity contribution in [3.05, 3.63) is 200 Å². The van der Waals surface area contributed by atoms with Crippen LogP contribution in [-0.2, 0) is 0 Å². The van der Waals surface area contributed by atoms with E-state index in [-0.39, 0.29) is 0 Å². The van der Waals surface area contributed by atoms with E-state index in [1.165, 1.54) is 97.0 Å². The van der Waals surface area contributed by atoms with Crippen molar-refractivity contribution in [2.45, 2.75) is 0 Å². The number of benzene rings is 10. The van der Waals surface area contributed by atoms with Crippen LogP contribution in [0.5, 0.6) is 0 Å². The zero-order valence-electron chi connectivity index (χ0n) is 33.3. The highest BCUT2D eigenvalue weighted by Gasteiger charge is 2.24. The summed E-state index contributed by atoms with van der Waals surface area (Å²) in [5.74, 6) is 0.659. The lowest BCUT2D eigenvalue weighted by Gasteiger charge is -2.13. The van der Waals surface area contributed by atoms with E-state index >= 15 is 0 Å². The summed E-state index contributed by atoms with van der Waals surface area (Å²) in [5, 5.41) is 11.2. The van der Waals surface area contributed by atoms with E-state index in [2.05, 4.69) is 205 Å². The monoisotopic (exact) mass is 803 g/mol. The Morgan fingerprint density at radius 2 is 0.952 bits per heavy atom. The number of rotatable bonds is 4. The fourth-order valence-electron chi connectivity index (χ4n) is 10.4. The minimum atomic E-state index is 0.659. The predicted molar refractivity (Wildman–Crippen MR) is 263 cm³/mol. The summed E-state index contributed by atoms with van der Waals surface area (Å²) in [5.41, 5.74) is 15.2. The summed E-state index contributed by atoms with van der Waals surface area (Å²) >= 11 is 1.90. The van der Waals surface area contributed by atoms with Gasteiger partial charge in [-0.1, -0.05) is 158 Å². The number of para-hydroxylation sites is 2. The molecule has 14 rings (SSSR count). The van der Waals surface area contributed by atoms with Gasteiger partial charge in [0.1, 0.15) is 0 Å². The average molecular weight is 804 g/mol.